The summed E-state index contributed by atoms with van der Waals surface area (Å²) in [5, 5.41) is 3.36. The molecule has 0 spiro atoms. The lowest BCUT2D eigenvalue weighted by atomic mass is 9.96. The standard InChI is InChI=1S/C13H19Cl2NS/c1-16-11(7-6-9-4-2-3-5-9)10-8-12(14)17-13(10)15/h8-9,11,16H,2-7H2,1H3. The lowest BCUT2D eigenvalue weighted by molar-refractivity contribution is 0.428. The first kappa shape index (κ1) is 13.7. The Balaban J connectivity index is 1.93. The third-order valence-electron chi connectivity index (χ3n) is 3.75. The third-order valence-corrected chi connectivity index (χ3v) is 5.26. The zero-order chi connectivity index (χ0) is 12.3. The first-order valence-corrected chi connectivity index (χ1v) is 7.90. The molecule has 1 nitrogen and oxygen atoms in total. The molecule has 1 aromatic rings. The van der Waals surface area contributed by atoms with E-state index in [2.05, 4.69) is 5.32 Å². The van der Waals surface area contributed by atoms with Gasteiger partial charge in [0, 0.05) is 11.6 Å². The number of halogens is 2. The number of thiophene rings is 1. The van der Waals surface area contributed by atoms with Gasteiger partial charge in [0.05, 0.1) is 8.67 Å². The summed E-state index contributed by atoms with van der Waals surface area (Å²) in [5.74, 6) is 0.929. The summed E-state index contributed by atoms with van der Waals surface area (Å²) in [6.45, 7) is 0. The Morgan fingerprint density at radius 3 is 2.65 bits per heavy atom. The molecule has 0 amide bonds. The maximum atomic E-state index is 6.21. The van der Waals surface area contributed by atoms with Crippen molar-refractivity contribution in [2.75, 3.05) is 7.05 Å². The predicted molar refractivity (Wildman–Crippen MR) is 77.3 cm³/mol. The second kappa shape index (κ2) is 6.42. The van der Waals surface area contributed by atoms with Crippen LogP contribution in [0.15, 0.2) is 6.07 Å². The summed E-state index contributed by atoms with van der Waals surface area (Å²) in [5.41, 5.74) is 1.17. The van der Waals surface area contributed by atoms with Gasteiger partial charge in [0.25, 0.3) is 0 Å². The molecular weight excluding hydrogens is 273 g/mol. The maximum Gasteiger partial charge on any atom is 0.0991 e. The minimum atomic E-state index is 0.354. The fourth-order valence-corrected chi connectivity index (χ4v) is 4.33. The topological polar surface area (TPSA) is 12.0 Å². The van der Waals surface area contributed by atoms with Crippen LogP contribution in [0.5, 0.6) is 0 Å². The largest absolute Gasteiger partial charge is 0.313 e. The first-order valence-electron chi connectivity index (χ1n) is 6.32. The molecule has 0 saturated heterocycles. The van der Waals surface area contributed by atoms with Crippen molar-refractivity contribution in [3.05, 3.63) is 20.3 Å². The molecule has 1 aliphatic rings. The fourth-order valence-electron chi connectivity index (χ4n) is 2.75. The molecule has 1 aromatic heterocycles. The van der Waals surface area contributed by atoms with Gasteiger partial charge in [-0.1, -0.05) is 48.9 Å². The summed E-state index contributed by atoms with van der Waals surface area (Å²) in [4.78, 5) is 0. The van der Waals surface area contributed by atoms with Crippen LogP contribution in [0.2, 0.25) is 8.67 Å². The van der Waals surface area contributed by atoms with Gasteiger partial charge >= 0.3 is 0 Å². The van der Waals surface area contributed by atoms with Gasteiger partial charge in [0.2, 0.25) is 0 Å². The highest BCUT2D eigenvalue weighted by Crippen LogP contribution is 2.38. The number of hydrogen-bond acceptors (Lipinski definition) is 2. The van der Waals surface area contributed by atoms with Crippen molar-refractivity contribution in [1.29, 1.82) is 0 Å². The van der Waals surface area contributed by atoms with Crippen LogP contribution in [0.1, 0.15) is 50.1 Å². The van der Waals surface area contributed by atoms with Crippen molar-refractivity contribution in [2.45, 2.75) is 44.6 Å². The number of nitrogens with one attached hydrogen (secondary N) is 1. The van der Waals surface area contributed by atoms with Gasteiger partial charge in [-0.25, -0.2) is 0 Å². The van der Waals surface area contributed by atoms with Crippen LogP contribution < -0.4 is 5.32 Å². The van der Waals surface area contributed by atoms with Crippen molar-refractivity contribution in [3.63, 3.8) is 0 Å². The molecule has 0 aromatic carbocycles. The van der Waals surface area contributed by atoms with Gasteiger partial charge < -0.3 is 5.32 Å². The first-order chi connectivity index (χ1) is 8.20. The molecule has 1 heterocycles. The molecule has 1 aliphatic carbocycles. The summed E-state index contributed by atoms with van der Waals surface area (Å²) >= 11 is 13.7. The maximum absolute atomic E-state index is 6.21. The number of rotatable bonds is 5. The molecule has 1 N–H and O–H groups in total. The van der Waals surface area contributed by atoms with Crippen molar-refractivity contribution >= 4 is 34.5 Å². The normalized spacial score (nSPS) is 18.8. The van der Waals surface area contributed by atoms with Gasteiger partial charge in [0.1, 0.15) is 0 Å². The van der Waals surface area contributed by atoms with E-state index in [1.54, 1.807) is 0 Å². The van der Waals surface area contributed by atoms with E-state index in [9.17, 15) is 0 Å². The van der Waals surface area contributed by atoms with E-state index in [4.69, 9.17) is 23.2 Å². The van der Waals surface area contributed by atoms with Gasteiger partial charge in [-0.3, -0.25) is 0 Å². The van der Waals surface area contributed by atoms with Crippen LogP contribution in [-0.2, 0) is 0 Å². The van der Waals surface area contributed by atoms with Gasteiger partial charge in [0.15, 0.2) is 0 Å². The Bertz CT molecular complexity index is 358. The molecule has 1 atom stereocenters. The molecular formula is C13H19Cl2NS. The monoisotopic (exact) mass is 291 g/mol. The lowest BCUT2D eigenvalue weighted by Crippen LogP contribution is -2.17. The Hall–Kier alpha value is 0.240. The predicted octanol–water partition coefficient (Wildman–Crippen LogP) is 5.29. The smallest absolute Gasteiger partial charge is 0.0991 e. The molecule has 96 valence electrons. The molecule has 4 heteroatoms. The molecule has 1 unspecified atom stereocenters. The van der Waals surface area contributed by atoms with E-state index in [0.29, 0.717) is 6.04 Å². The van der Waals surface area contributed by atoms with Crippen LogP contribution in [0, 0.1) is 5.92 Å². The van der Waals surface area contributed by atoms with E-state index in [1.165, 1.54) is 49.0 Å². The average Bonchev–Trinajstić information content (AvgIpc) is 2.90. The highest BCUT2D eigenvalue weighted by Gasteiger charge is 2.20. The van der Waals surface area contributed by atoms with Gasteiger partial charge in [-0.2, -0.15) is 0 Å². The van der Waals surface area contributed by atoms with E-state index in [1.807, 2.05) is 13.1 Å². The number of hydrogen-bond donors (Lipinski definition) is 1. The summed E-state index contributed by atoms with van der Waals surface area (Å²) in [7, 11) is 2.00. The molecule has 1 fully saturated rings. The van der Waals surface area contributed by atoms with Crippen LogP contribution in [0.4, 0.5) is 0 Å². The molecule has 0 bridgehead atoms. The van der Waals surface area contributed by atoms with E-state index in [0.717, 1.165) is 21.0 Å². The fraction of sp³-hybridized carbons (Fsp3) is 0.692. The zero-order valence-corrected chi connectivity index (χ0v) is 12.5. The quantitative estimate of drug-likeness (QED) is 0.778. The minimum Gasteiger partial charge on any atom is -0.313 e. The van der Waals surface area contributed by atoms with Crippen molar-refractivity contribution in [3.8, 4) is 0 Å². The Labute approximate surface area is 118 Å². The molecule has 0 radical (unpaired) electrons. The van der Waals surface area contributed by atoms with Crippen LogP contribution in [-0.4, -0.2) is 7.05 Å². The SMILES string of the molecule is CNC(CCC1CCCC1)c1cc(Cl)sc1Cl. The summed E-state index contributed by atoms with van der Waals surface area (Å²) in [6.07, 6.45) is 8.12. The second-order valence-corrected chi connectivity index (χ2v) is 7.13. The third kappa shape index (κ3) is 3.60. The van der Waals surface area contributed by atoms with Crippen LogP contribution >= 0.6 is 34.5 Å². The lowest BCUT2D eigenvalue weighted by Gasteiger charge is -2.18. The van der Waals surface area contributed by atoms with Gasteiger partial charge in [-0.15, -0.1) is 11.3 Å². The van der Waals surface area contributed by atoms with E-state index >= 15 is 0 Å². The highest BCUT2D eigenvalue weighted by molar-refractivity contribution is 7.20. The van der Waals surface area contributed by atoms with Gasteiger partial charge in [-0.05, 0) is 31.9 Å². The van der Waals surface area contributed by atoms with Crippen molar-refractivity contribution in [2.24, 2.45) is 5.92 Å². The highest BCUT2D eigenvalue weighted by atomic mass is 35.5. The average molecular weight is 292 g/mol. The second-order valence-electron chi connectivity index (χ2n) is 4.85. The minimum absolute atomic E-state index is 0.354. The van der Waals surface area contributed by atoms with Crippen LogP contribution in [0.25, 0.3) is 0 Å². The molecule has 1 saturated carbocycles. The summed E-state index contributed by atoms with van der Waals surface area (Å²) in [6, 6.07) is 2.36. The van der Waals surface area contributed by atoms with Crippen molar-refractivity contribution < 1.29 is 0 Å². The van der Waals surface area contributed by atoms with E-state index < -0.39 is 0 Å². The van der Waals surface area contributed by atoms with E-state index in [-0.39, 0.29) is 0 Å². The molecule has 0 aliphatic heterocycles. The molecule has 17 heavy (non-hydrogen) atoms. The summed E-state index contributed by atoms with van der Waals surface area (Å²) < 4.78 is 1.62. The zero-order valence-electron chi connectivity index (χ0n) is 10.1. The Morgan fingerprint density at radius 1 is 1.41 bits per heavy atom. The van der Waals surface area contributed by atoms with Crippen LogP contribution in [0.3, 0.4) is 0 Å². The Kier molecular flexibility index (Phi) is 5.16. The van der Waals surface area contributed by atoms with Crippen molar-refractivity contribution in [1.82, 2.24) is 5.32 Å². The molecule has 2 rings (SSSR count). The Morgan fingerprint density at radius 2 is 2.12 bits per heavy atom.